The van der Waals surface area contributed by atoms with Crippen molar-refractivity contribution in [2.24, 2.45) is 5.92 Å². The summed E-state index contributed by atoms with van der Waals surface area (Å²) in [4.78, 5) is 12.0. The van der Waals surface area contributed by atoms with Gasteiger partial charge in [0.1, 0.15) is 11.6 Å². The second-order valence-electron chi connectivity index (χ2n) is 6.05. The Bertz CT molecular complexity index is 257. The highest BCUT2D eigenvalue weighted by Crippen LogP contribution is 2.27. The molecular formula is C14H27NO2. The van der Waals surface area contributed by atoms with E-state index >= 15 is 0 Å². The maximum atomic E-state index is 12.0. The minimum atomic E-state index is -0.386. The number of nitrogens with one attached hydrogen (secondary N) is 1. The van der Waals surface area contributed by atoms with Crippen molar-refractivity contribution in [2.75, 3.05) is 0 Å². The normalized spacial score (nSPS) is 29.4. The van der Waals surface area contributed by atoms with Gasteiger partial charge in [0.2, 0.25) is 0 Å². The first-order valence-electron chi connectivity index (χ1n) is 6.86. The second-order valence-corrected chi connectivity index (χ2v) is 6.05. The first-order valence-corrected chi connectivity index (χ1v) is 6.86. The Kier molecular flexibility index (Phi) is 4.99. The second kappa shape index (κ2) is 5.85. The van der Waals surface area contributed by atoms with Crippen LogP contribution in [0.1, 0.15) is 60.3 Å². The minimum Gasteiger partial charge on any atom is -0.459 e. The predicted molar refractivity (Wildman–Crippen MR) is 69.9 cm³/mol. The highest BCUT2D eigenvalue weighted by atomic mass is 16.6. The third-order valence-electron chi connectivity index (χ3n) is 3.34. The molecule has 1 fully saturated rings. The van der Waals surface area contributed by atoms with Gasteiger partial charge in [-0.25, -0.2) is 0 Å². The Morgan fingerprint density at radius 2 is 2.00 bits per heavy atom. The fourth-order valence-electron chi connectivity index (χ4n) is 2.55. The largest absolute Gasteiger partial charge is 0.459 e. The summed E-state index contributed by atoms with van der Waals surface area (Å²) < 4.78 is 5.44. The Hall–Kier alpha value is -0.570. The van der Waals surface area contributed by atoms with Crippen molar-refractivity contribution in [1.82, 2.24) is 5.32 Å². The average molecular weight is 241 g/mol. The number of esters is 1. The topological polar surface area (TPSA) is 38.3 Å². The minimum absolute atomic E-state index is 0.0884. The summed E-state index contributed by atoms with van der Waals surface area (Å²) in [6.45, 7) is 10.1. The molecule has 1 heterocycles. The summed E-state index contributed by atoms with van der Waals surface area (Å²) in [7, 11) is 0. The molecule has 100 valence electrons. The van der Waals surface area contributed by atoms with Gasteiger partial charge >= 0.3 is 5.97 Å². The summed E-state index contributed by atoms with van der Waals surface area (Å²) in [5, 5.41) is 3.44. The molecule has 17 heavy (non-hydrogen) atoms. The number of ether oxygens (including phenoxy) is 1. The molecule has 0 aromatic carbocycles. The monoisotopic (exact) mass is 241 g/mol. The molecular weight excluding hydrogens is 214 g/mol. The van der Waals surface area contributed by atoms with E-state index in [1.54, 1.807) is 0 Å². The zero-order valence-electron chi connectivity index (χ0n) is 11.9. The van der Waals surface area contributed by atoms with Gasteiger partial charge in [-0.3, -0.25) is 4.79 Å². The molecule has 1 rings (SSSR count). The highest BCUT2D eigenvalue weighted by molar-refractivity contribution is 5.76. The average Bonchev–Trinajstić information content (AvgIpc) is 2.59. The fraction of sp³-hybridized carbons (Fsp3) is 0.929. The van der Waals surface area contributed by atoms with Gasteiger partial charge in [-0.2, -0.15) is 0 Å². The van der Waals surface area contributed by atoms with Gasteiger partial charge in [0.15, 0.2) is 0 Å². The smallest absolute Gasteiger partial charge is 0.323 e. The Morgan fingerprint density at radius 1 is 1.35 bits per heavy atom. The summed E-state index contributed by atoms with van der Waals surface area (Å²) >= 11 is 0. The number of hydrogen-bond acceptors (Lipinski definition) is 3. The zero-order valence-corrected chi connectivity index (χ0v) is 11.9. The van der Waals surface area contributed by atoms with Crippen molar-refractivity contribution in [2.45, 2.75) is 78.0 Å². The standard InChI is InChI=1S/C14H27NO2/c1-6-8-11-10(7-2)9-12(15-11)13(16)17-14(3,4)5/h10-12,15H,6-9H2,1-5H3/t10?,11?,12-/m0/s1. The summed E-state index contributed by atoms with van der Waals surface area (Å²) in [5.74, 6) is 0.530. The quantitative estimate of drug-likeness (QED) is 0.769. The van der Waals surface area contributed by atoms with E-state index in [0.717, 1.165) is 25.7 Å². The van der Waals surface area contributed by atoms with E-state index in [-0.39, 0.29) is 17.6 Å². The molecule has 0 aliphatic carbocycles. The predicted octanol–water partition coefficient (Wildman–Crippen LogP) is 2.88. The Balaban J connectivity index is 2.54. The maximum absolute atomic E-state index is 12.0. The maximum Gasteiger partial charge on any atom is 0.323 e. The number of hydrogen-bond donors (Lipinski definition) is 1. The Morgan fingerprint density at radius 3 is 2.47 bits per heavy atom. The summed E-state index contributed by atoms with van der Waals surface area (Å²) in [6.07, 6.45) is 4.38. The Labute approximate surface area is 105 Å². The molecule has 0 amide bonds. The summed E-state index contributed by atoms with van der Waals surface area (Å²) in [5.41, 5.74) is -0.386. The van der Waals surface area contributed by atoms with Gasteiger partial charge in [-0.05, 0) is 39.5 Å². The molecule has 0 bridgehead atoms. The molecule has 1 saturated heterocycles. The first-order chi connectivity index (χ1) is 7.87. The van der Waals surface area contributed by atoms with Crippen LogP contribution in [-0.2, 0) is 9.53 Å². The van der Waals surface area contributed by atoms with Crippen LogP contribution >= 0.6 is 0 Å². The van der Waals surface area contributed by atoms with Gasteiger partial charge in [-0.1, -0.05) is 26.7 Å². The van der Waals surface area contributed by atoms with Crippen LogP contribution in [0.25, 0.3) is 0 Å². The van der Waals surface area contributed by atoms with Gasteiger partial charge in [0.25, 0.3) is 0 Å². The van der Waals surface area contributed by atoms with E-state index in [0.29, 0.717) is 12.0 Å². The lowest BCUT2D eigenvalue weighted by Crippen LogP contribution is -2.40. The molecule has 2 unspecified atom stereocenters. The third-order valence-corrected chi connectivity index (χ3v) is 3.34. The lowest BCUT2D eigenvalue weighted by atomic mass is 9.93. The van der Waals surface area contributed by atoms with Crippen molar-refractivity contribution in [3.05, 3.63) is 0 Å². The molecule has 0 saturated carbocycles. The van der Waals surface area contributed by atoms with Crippen LogP contribution in [-0.4, -0.2) is 23.7 Å². The molecule has 0 spiro atoms. The molecule has 0 aromatic heterocycles. The molecule has 3 nitrogen and oxygen atoms in total. The van der Waals surface area contributed by atoms with Gasteiger partial charge in [0, 0.05) is 6.04 Å². The number of carbonyl (C=O) groups excluding carboxylic acids is 1. The third kappa shape index (κ3) is 4.30. The molecule has 3 heteroatoms. The van der Waals surface area contributed by atoms with Crippen LogP contribution < -0.4 is 5.32 Å². The van der Waals surface area contributed by atoms with Crippen LogP contribution in [0.3, 0.4) is 0 Å². The number of rotatable bonds is 4. The molecule has 1 aliphatic heterocycles. The van der Waals surface area contributed by atoms with Crippen LogP contribution in [0.2, 0.25) is 0 Å². The van der Waals surface area contributed by atoms with E-state index in [9.17, 15) is 4.79 Å². The molecule has 1 aliphatic rings. The molecule has 3 atom stereocenters. The highest BCUT2D eigenvalue weighted by Gasteiger charge is 2.37. The van der Waals surface area contributed by atoms with Crippen molar-refractivity contribution in [1.29, 1.82) is 0 Å². The number of carbonyl (C=O) groups is 1. The molecule has 0 aromatic rings. The van der Waals surface area contributed by atoms with Gasteiger partial charge in [-0.15, -0.1) is 0 Å². The van der Waals surface area contributed by atoms with Crippen molar-refractivity contribution in [3.63, 3.8) is 0 Å². The lowest BCUT2D eigenvalue weighted by molar-refractivity contribution is -0.157. The molecule has 1 N–H and O–H groups in total. The molecule has 0 radical (unpaired) electrons. The van der Waals surface area contributed by atoms with Gasteiger partial charge in [0.05, 0.1) is 0 Å². The SMILES string of the molecule is CCCC1N[C@H](C(=O)OC(C)(C)C)CC1CC. The van der Waals surface area contributed by atoms with Crippen LogP contribution in [0.5, 0.6) is 0 Å². The van der Waals surface area contributed by atoms with Crippen molar-refractivity contribution >= 4 is 5.97 Å². The van der Waals surface area contributed by atoms with E-state index < -0.39 is 0 Å². The van der Waals surface area contributed by atoms with E-state index in [2.05, 4.69) is 19.2 Å². The zero-order chi connectivity index (χ0) is 13.1. The van der Waals surface area contributed by atoms with Crippen LogP contribution in [0.15, 0.2) is 0 Å². The van der Waals surface area contributed by atoms with Crippen LogP contribution in [0, 0.1) is 5.92 Å². The van der Waals surface area contributed by atoms with E-state index in [4.69, 9.17) is 4.74 Å². The van der Waals surface area contributed by atoms with E-state index in [1.165, 1.54) is 0 Å². The van der Waals surface area contributed by atoms with Crippen LogP contribution in [0.4, 0.5) is 0 Å². The fourth-order valence-corrected chi connectivity index (χ4v) is 2.55. The summed E-state index contributed by atoms with van der Waals surface area (Å²) in [6, 6.07) is 0.387. The van der Waals surface area contributed by atoms with E-state index in [1.807, 2.05) is 20.8 Å². The van der Waals surface area contributed by atoms with Gasteiger partial charge < -0.3 is 10.1 Å². The van der Waals surface area contributed by atoms with Crippen molar-refractivity contribution < 1.29 is 9.53 Å². The van der Waals surface area contributed by atoms with Crippen molar-refractivity contribution in [3.8, 4) is 0 Å². The first kappa shape index (κ1) is 14.5. The lowest BCUT2D eigenvalue weighted by Gasteiger charge is -2.22.